The molecular weight excluding hydrogens is 190 g/mol. The molecule has 3 nitrogen and oxygen atoms in total. The summed E-state index contributed by atoms with van der Waals surface area (Å²) in [6.45, 7) is 6.68. The maximum Gasteiger partial charge on any atom is 0.231 e. The average molecular weight is 207 g/mol. The maximum absolute atomic E-state index is 5.35. The lowest BCUT2D eigenvalue weighted by molar-refractivity contribution is 0.174. The Bertz CT molecular complexity index is 338. The van der Waals surface area contributed by atoms with Gasteiger partial charge in [0.2, 0.25) is 6.79 Å². The third-order valence-corrected chi connectivity index (χ3v) is 2.67. The number of benzene rings is 1. The molecule has 1 aliphatic heterocycles. The lowest BCUT2D eigenvalue weighted by Crippen LogP contribution is -2.19. The third kappa shape index (κ3) is 2.23. The molecule has 1 aliphatic rings. The Morgan fingerprint density at radius 3 is 2.93 bits per heavy atom. The van der Waals surface area contributed by atoms with Crippen molar-refractivity contribution < 1.29 is 9.47 Å². The lowest BCUT2D eigenvalue weighted by atomic mass is 10.0. The standard InChI is InChI=1S/C12H17NO2/c1-3-13-7-9(2)10-4-5-11-12(6-10)15-8-14-11/h4-6,9,13H,3,7-8H2,1-2H3/t9-/m1/s1. The number of hydrogen-bond acceptors (Lipinski definition) is 3. The van der Waals surface area contributed by atoms with Crippen LogP contribution < -0.4 is 14.8 Å². The van der Waals surface area contributed by atoms with Crippen LogP contribution in [0.15, 0.2) is 18.2 Å². The van der Waals surface area contributed by atoms with Crippen LogP contribution in [0.4, 0.5) is 0 Å². The Morgan fingerprint density at radius 1 is 1.33 bits per heavy atom. The van der Waals surface area contributed by atoms with Crippen LogP contribution in [-0.2, 0) is 0 Å². The fourth-order valence-corrected chi connectivity index (χ4v) is 1.70. The number of rotatable bonds is 4. The highest BCUT2D eigenvalue weighted by Crippen LogP contribution is 2.34. The van der Waals surface area contributed by atoms with Gasteiger partial charge in [0.1, 0.15) is 0 Å². The third-order valence-electron chi connectivity index (χ3n) is 2.67. The van der Waals surface area contributed by atoms with Crippen molar-refractivity contribution in [1.82, 2.24) is 5.32 Å². The van der Waals surface area contributed by atoms with Gasteiger partial charge in [0.05, 0.1) is 0 Å². The van der Waals surface area contributed by atoms with Crippen LogP contribution in [0.2, 0.25) is 0 Å². The normalized spacial score (nSPS) is 15.3. The minimum atomic E-state index is 0.348. The van der Waals surface area contributed by atoms with E-state index >= 15 is 0 Å². The highest BCUT2D eigenvalue weighted by Gasteiger charge is 2.15. The summed E-state index contributed by atoms with van der Waals surface area (Å²) in [5.74, 6) is 2.23. The second-order valence-electron chi connectivity index (χ2n) is 3.82. The predicted molar refractivity (Wildman–Crippen MR) is 59.5 cm³/mol. The van der Waals surface area contributed by atoms with E-state index in [4.69, 9.17) is 9.47 Å². The molecule has 0 bridgehead atoms. The number of ether oxygens (including phenoxy) is 2. The van der Waals surface area contributed by atoms with E-state index in [1.54, 1.807) is 0 Å². The first-order valence-electron chi connectivity index (χ1n) is 5.41. The van der Waals surface area contributed by atoms with Crippen LogP contribution in [0.25, 0.3) is 0 Å². The summed E-state index contributed by atoms with van der Waals surface area (Å²) in [6, 6.07) is 6.17. The molecule has 15 heavy (non-hydrogen) atoms. The van der Waals surface area contributed by atoms with Gasteiger partial charge >= 0.3 is 0 Å². The first-order chi connectivity index (χ1) is 7.31. The van der Waals surface area contributed by atoms with Gasteiger partial charge in [0.25, 0.3) is 0 Å². The second kappa shape index (κ2) is 4.53. The van der Waals surface area contributed by atoms with E-state index in [1.807, 2.05) is 6.07 Å². The summed E-state index contributed by atoms with van der Waals surface area (Å²) >= 11 is 0. The van der Waals surface area contributed by atoms with Crippen LogP contribution in [0.3, 0.4) is 0 Å². The molecule has 0 amide bonds. The van der Waals surface area contributed by atoms with Crippen molar-refractivity contribution in [3.63, 3.8) is 0 Å². The molecule has 1 aromatic rings. The van der Waals surface area contributed by atoms with Crippen LogP contribution in [0.1, 0.15) is 25.3 Å². The SMILES string of the molecule is CCNC[C@@H](C)c1ccc2c(c1)OCO2. The molecule has 0 saturated heterocycles. The minimum absolute atomic E-state index is 0.348. The average Bonchev–Trinajstić information content (AvgIpc) is 2.72. The van der Waals surface area contributed by atoms with Crippen LogP contribution in [0.5, 0.6) is 11.5 Å². The van der Waals surface area contributed by atoms with E-state index in [1.165, 1.54) is 5.56 Å². The summed E-state index contributed by atoms with van der Waals surface area (Å²) in [5, 5.41) is 3.34. The number of fused-ring (bicyclic) bond motifs is 1. The summed E-state index contributed by atoms with van der Waals surface area (Å²) in [7, 11) is 0. The van der Waals surface area contributed by atoms with Gasteiger partial charge < -0.3 is 14.8 Å². The smallest absolute Gasteiger partial charge is 0.231 e. The number of hydrogen-bond donors (Lipinski definition) is 1. The quantitative estimate of drug-likeness (QED) is 0.820. The van der Waals surface area contributed by atoms with E-state index in [0.29, 0.717) is 12.7 Å². The highest BCUT2D eigenvalue weighted by atomic mass is 16.7. The second-order valence-corrected chi connectivity index (χ2v) is 3.82. The molecule has 1 N–H and O–H groups in total. The molecule has 0 unspecified atom stereocenters. The summed E-state index contributed by atoms with van der Waals surface area (Å²) in [6.07, 6.45) is 0. The van der Waals surface area contributed by atoms with Gasteiger partial charge in [0.15, 0.2) is 11.5 Å². The Balaban J connectivity index is 2.08. The molecule has 1 aromatic carbocycles. The molecule has 1 atom stereocenters. The van der Waals surface area contributed by atoms with Crippen molar-refractivity contribution in [3.8, 4) is 11.5 Å². The molecule has 0 aliphatic carbocycles. The Kier molecular flexibility index (Phi) is 3.11. The Labute approximate surface area is 90.4 Å². The van der Waals surface area contributed by atoms with Crippen molar-refractivity contribution in [3.05, 3.63) is 23.8 Å². The van der Waals surface area contributed by atoms with Gasteiger partial charge in [-0.1, -0.05) is 19.9 Å². The van der Waals surface area contributed by atoms with Crippen molar-refractivity contribution in [1.29, 1.82) is 0 Å². The topological polar surface area (TPSA) is 30.5 Å². The van der Waals surface area contributed by atoms with Gasteiger partial charge in [-0.15, -0.1) is 0 Å². The first kappa shape index (κ1) is 10.3. The molecule has 0 spiro atoms. The molecule has 2 rings (SSSR count). The fraction of sp³-hybridized carbons (Fsp3) is 0.500. The van der Waals surface area contributed by atoms with E-state index in [0.717, 1.165) is 24.6 Å². The molecule has 82 valence electrons. The molecule has 1 heterocycles. The van der Waals surface area contributed by atoms with Gasteiger partial charge in [-0.3, -0.25) is 0 Å². The maximum atomic E-state index is 5.35. The van der Waals surface area contributed by atoms with Crippen molar-refractivity contribution >= 4 is 0 Å². The highest BCUT2D eigenvalue weighted by molar-refractivity contribution is 5.45. The van der Waals surface area contributed by atoms with Crippen LogP contribution >= 0.6 is 0 Å². The zero-order valence-corrected chi connectivity index (χ0v) is 9.25. The van der Waals surface area contributed by atoms with E-state index in [-0.39, 0.29) is 0 Å². The van der Waals surface area contributed by atoms with Gasteiger partial charge in [-0.25, -0.2) is 0 Å². The van der Waals surface area contributed by atoms with E-state index < -0.39 is 0 Å². The van der Waals surface area contributed by atoms with Crippen molar-refractivity contribution in [2.24, 2.45) is 0 Å². The molecule has 0 aromatic heterocycles. The Morgan fingerprint density at radius 2 is 2.13 bits per heavy atom. The molecule has 0 radical (unpaired) electrons. The largest absolute Gasteiger partial charge is 0.454 e. The predicted octanol–water partition coefficient (Wildman–Crippen LogP) is 2.13. The van der Waals surface area contributed by atoms with Gasteiger partial charge in [-0.2, -0.15) is 0 Å². The number of likely N-dealkylation sites (N-methyl/N-ethyl adjacent to an activating group) is 1. The monoisotopic (exact) mass is 207 g/mol. The summed E-state index contributed by atoms with van der Waals surface area (Å²) in [4.78, 5) is 0. The van der Waals surface area contributed by atoms with Gasteiger partial charge in [-0.05, 0) is 30.2 Å². The molecule has 3 heteroatoms. The minimum Gasteiger partial charge on any atom is -0.454 e. The summed E-state index contributed by atoms with van der Waals surface area (Å²) < 4.78 is 10.6. The summed E-state index contributed by atoms with van der Waals surface area (Å²) in [5.41, 5.74) is 1.29. The zero-order chi connectivity index (χ0) is 10.7. The van der Waals surface area contributed by atoms with E-state index in [2.05, 4.69) is 31.3 Å². The fourth-order valence-electron chi connectivity index (χ4n) is 1.70. The molecule has 0 saturated carbocycles. The molecular formula is C12H17NO2. The van der Waals surface area contributed by atoms with Crippen LogP contribution in [0, 0.1) is 0 Å². The van der Waals surface area contributed by atoms with Crippen molar-refractivity contribution in [2.75, 3.05) is 19.9 Å². The molecule has 0 fully saturated rings. The lowest BCUT2D eigenvalue weighted by Gasteiger charge is -2.12. The van der Waals surface area contributed by atoms with Gasteiger partial charge in [0, 0.05) is 6.54 Å². The first-order valence-corrected chi connectivity index (χ1v) is 5.41. The van der Waals surface area contributed by atoms with E-state index in [9.17, 15) is 0 Å². The Hall–Kier alpha value is -1.22. The van der Waals surface area contributed by atoms with Crippen LogP contribution in [-0.4, -0.2) is 19.9 Å². The number of nitrogens with one attached hydrogen (secondary N) is 1. The zero-order valence-electron chi connectivity index (χ0n) is 9.25. The van der Waals surface area contributed by atoms with Crippen molar-refractivity contribution in [2.45, 2.75) is 19.8 Å².